The van der Waals surface area contributed by atoms with Gasteiger partial charge < -0.3 is 20.9 Å². The Balaban J connectivity index is 0.00000320. The van der Waals surface area contributed by atoms with Crippen LogP contribution in [0.3, 0.4) is 0 Å². The van der Waals surface area contributed by atoms with Crippen LogP contribution in [-0.2, 0) is 6.18 Å². The van der Waals surface area contributed by atoms with Gasteiger partial charge in [0, 0.05) is 43.2 Å². The molecular formula is C23H21Cl2F3N8O. The van der Waals surface area contributed by atoms with Gasteiger partial charge in [0.1, 0.15) is 12.7 Å². The molecule has 37 heavy (non-hydrogen) atoms. The van der Waals surface area contributed by atoms with Crippen molar-refractivity contribution in [3.63, 3.8) is 0 Å². The molecular weight excluding hydrogens is 532 g/mol. The summed E-state index contributed by atoms with van der Waals surface area (Å²) in [5.41, 5.74) is 1.50. The van der Waals surface area contributed by atoms with Crippen molar-refractivity contribution in [3.8, 4) is 5.69 Å². The van der Waals surface area contributed by atoms with Gasteiger partial charge in [-0.15, -0.1) is 12.4 Å². The van der Waals surface area contributed by atoms with E-state index in [-0.39, 0.29) is 18.1 Å². The number of imidazole rings is 1. The number of aromatic nitrogens is 4. The molecule has 0 spiro atoms. The minimum absolute atomic E-state index is 0. The molecule has 2 aromatic carbocycles. The molecule has 0 radical (unpaired) electrons. The van der Waals surface area contributed by atoms with Crippen LogP contribution in [0.5, 0.6) is 0 Å². The van der Waals surface area contributed by atoms with Gasteiger partial charge in [0.05, 0.1) is 10.6 Å². The third-order valence-corrected chi connectivity index (χ3v) is 5.99. The highest BCUT2D eigenvalue weighted by Crippen LogP contribution is 2.36. The number of piperazine rings is 1. The topological polar surface area (TPSA) is 100 Å². The minimum atomic E-state index is -4.63. The highest BCUT2D eigenvalue weighted by Gasteiger charge is 2.33. The first kappa shape index (κ1) is 26.5. The van der Waals surface area contributed by atoms with E-state index in [1.165, 1.54) is 12.4 Å². The fourth-order valence-electron chi connectivity index (χ4n) is 3.94. The number of amides is 2. The number of alkyl halides is 3. The third-order valence-electron chi connectivity index (χ3n) is 5.66. The van der Waals surface area contributed by atoms with Crippen LogP contribution in [-0.4, -0.2) is 51.7 Å². The second-order valence-corrected chi connectivity index (χ2v) is 8.45. The van der Waals surface area contributed by atoms with Gasteiger partial charge in [0.15, 0.2) is 17.0 Å². The van der Waals surface area contributed by atoms with E-state index in [4.69, 9.17) is 11.6 Å². The Morgan fingerprint density at radius 2 is 1.65 bits per heavy atom. The Labute approximate surface area is 220 Å². The van der Waals surface area contributed by atoms with E-state index in [1.54, 1.807) is 30.6 Å². The predicted octanol–water partition coefficient (Wildman–Crippen LogP) is 4.96. The fraction of sp³-hybridized carbons (Fsp3) is 0.217. The molecule has 0 aliphatic carbocycles. The summed E-state index contributed by atoms with van der Waals surface area (Å²) < 4.78 is 41.0. The molecule has 0 bridgehead atoms. The smallest absolute Gasteiger partial charge is 0.352 e. The second-order valence-electron chi connectivity index (χ2n) is 8.04. The molecule has 5 rings (SSSR count). The van der Waals surface area contributed by atoms with Crippen LogP contribution in [0.4, 0.5) is 35.2 Å². The van der Waals surface area contributed by atoms with Crippen LogP contribution < -0.4 is 20.9 Å². The molecule has 1 fully saturated rings. The van der Waals surface area contributed by atoms with E-state index < -0.39 is 22.8 Å². The summed E-state index contributed by atoms with van der Waals surface area (Å²) in [6, 6.07) is 9.35. The predicted molar refractivity (Wildman–Crippen MR) is 138 cm³/mol. The molecule has 9 nitrogen and oxygen atoms in total. The number of carbonyl (C=O) groups is 1. The van der Waals surface area contributed by atoms with Crippen molar-refractivity contribution >= 4 is 58.4 Å². The number of hydrogen-bond acceptors (Lipinski definition) is 6. The van der Waals surface area contributed by atoms with Gasteiger partial charge in [-0.25, -0.2) is 19.7 Å². The first-order chi connectivity index (χ1) is 17.3. The molecule has 3 N–H and O–H groups in total. The van der Waals surface area contributed by atoms with Crippen LogP contribution in [0, 0.1) is 0 Å². The van der Waals surface area contributed by atoms with E-state index in [2.05, 4.69) is 35.8 Å². The first-order valence-electron chi connectivity index (χ1n) is 11.0. The maximum Gasteiger partial charge on any atom is 0.417 e. The summed E-state index contributed by atoms with van der Waals surface area (Å²) in [5, 5.41) is 7.85. The number of nitrogens with one attached hydrogen (secondary N) is 3. The van der Waals surface area contributed by atoms with Crippen molar-refractivity contribution in [2.24, 2.45) is 0 Å². The SMILES string of the molecule is Cl.O=C(Nc1ccc(-n2cnc3c(N4CCNCC4)ncnc32)cc1)Nc1ccc(Cl)c(C(F)(F)F)c1. The van der Waals surface area contributed by atoms with E-state index in [1.807, 2.05) is 4.57 Å². The molecule has 1 aliphatic heterocycles. The zero-order chi connectivity index (χ0) is 25.3. The number of nitrogens with zero attached hydrogens (tertiary/aromatic N) is 5. The number of rotatable bonds is 4. The number of anilines is 3. The molecule has 2 aromatic heterocycles. The quantitative estimate of drug-likeness (QED) is 0.331. The van der Waals surface area contributed by atoms with E-state index in [9.17, 15) is 18.0 Å². The van der Waals surface area contributed by atoms with E-state index >= 15 is 0 Å². The van der Waals surface area contributed by atoms with Gasteiger partial charge in [-0.2, -0.15) is 13.2 Å². The van der Waals surface area contributed by atoms with Crippen molar-refractivity contribution in [2.75, 3.05) is 41.7 Å². The Hall–Kier alpha value is -3.61. The summed E-state index contributed by atoms with van der Waals surface area (Å²) in [4.78, 5) is 27.8. The molecule has 3 heterocycles. The van der Waals surface area contributed by atoms with E-state index in [0.717, 1.165) is 49.8 Å². The Morgan fingerprint density at radius 1 is 0.973 bits per heavy atom. The molecule has 1 aliphatic rings. The van der Waals surface area contributed by atoms with Crippen molar-refractivity contribution in [1.82, 2.24) is 24.8 Å². The van der Waals surface area contributed by atoms with Crippen molar-refractivity contribution in [2.45, 2.75) is 6.18 Å². The average molecular weight is 553 g/mol. The molecule has 0 unspecified atom stereocenters. The lowest BCUT2D eigenvalue weighted by Gasteiger charge is -2.28. The van der Waals surface area contributed by atoms with Crippen LogP contribution in [0.1, 0.15) is 5.56 Å². The van der Waals surface area contributed by atoms with Crippen molar-refractivity contribution in [1.29, 1.82) is 0 Å². The standard InChI is InChI=1S/C23H20ClF3N8O.ClH/c24-18-6-3-15(11-17(18)23(25,26)27)33-22(36)32-14-1-4-16(5-2-14)35-13-31-19-20(29-12-30-21(19)35)34-9-7-28-8-10-34;/h1-6,11-13,28H,7-10H2,(H2,32,33,36);1H. The number of hydrogen-bond donors (Lipinski definition) is 3. The molecule has 14 heteroatoms. The summed E-state index contributed by atoms with van der Waals surface area (Å²) in [5.74, 6) is 0.783. The van der Waals surface area contributed by atoms with Crippen LogP contribution in [0.25, 0.3) is 16.9 Å². The minimum Gasteiger partial charge on any atom is -0.352 e. The van der Waals surface area contributed by atoms with Crippen molar-refractivity contribution < 1.29 is 18.0 Å². The van der Waals surface area contributed by atoms with Gasteiger partial charge in [-0.1, -0.05) is 11.6 Å². The lowest BCUT2D eigenvalue weighted by Crippen LogP contribution is -2.44. The zero-order valence-corrected chi connectivity index (χ0v) is 20.7. The van der Waals surface area contributed by atoms with Gasteiger partial charge in [-0.3, -0.25) is 4.57 Å². The summed E-state index contributed by atoms with van der Waals surface area (Å²) in [7, 11) is 0. The van der Waals surface area contributed by atoms with Gasteiger partial charge in [0.2, 0.25) is 0 Å². The number of halogens is 5. The Kier molecular flexibility index (Phi) is 7.71. The average Bonchev–Trinajstić information content (AvgIpc) is 3.30. The molecule has 2 amide bonds. The maximum atomic E-state index is 13.0. The number of fused-ring (bicyclic) bond motifs is 1. The maximum absolute atomic E-state index is 13.0. The monoisotopic (exact) mass is 552 g/mol. The molecule has 0 saturated carbocycles. The lowest BCUT2D eigenvalue weighted by atomic mass is 10.2. The van der Waals surface area contributed by atoms with Gasteiger partial charge in [-0.05, 0) is 42.5 Å². The lowest BCUT2D eigenvalue weighted by molar-refractivity contribution is -0.137. The van der Waals surface area contributed by atoms with Crippen LogP contribution in [0.15, 0.2) is 55.1 Å². The number of benzene rings is 2. The number of carbonyl (C=O) groups excluding carboxylic acids is 1. The fourth-order valence-corrected chi connectivity index (χ4v) is 4.16. The Bertz CT molecular complexity index is 1410. The second kappa shape index (κ2) is 10.8. The highest BCUT2D eigenvalue weighted by atomic mass is 35.5. The molecule has 0 atom stereocenters. The molecule has 1 saturated heterocycles. The highest BCUT2D eigenvalue weighted by molar-refractivity contribution is 6.31. The van der Waals surface area contributed by atoms with Gasteiger partial charge in [0.25, 0.3) is 0 Å². The largest absolute Gasteiger partial charge is 0.417 e. The van der Waals surface area contributed by atoms with Gasteiger partial charge >= 0.3 is 12.2 Å². The first-order valence-corrected chi connectivity index (χ1v) is 11.4. The summed E-state index contributed by atoms with van der Waals surface area (Å²) in [6.07, 6.45) is -1.45. The summed E-state index contributed by atoms with van der Waals surface area (Å²) in [6.45, 7) is 3.40. The van der Waals surface area contributed by atoms with Crippen molar-refractivity contribution in [3.05, 3.63) is 65.7 Å². The van der Waals surface area contributed by atoms with E-state index in [0.29, 0.717) is 16.9 Å². The molecule has 4 aromatic rings. The van der Waals surface area contributed by atoms with Crippen LogP contribution in [0.2, 0.25) is 5.02 Å². The zero-order valence-electron chi connectivity index (χ0n) is 19.1. The van der Waals surface area contributed by atoms with Crippen LogP contribution >= 0.6 is 24.0 Å². The molecule has 194 valence electrons. The normalized spacial score (nSPS) is 13.8. The summed E-state index contributed by atoms with van der Waals surface area (Å²) >= 11 is 5.62. The number of urea groups is 1. The Morgan fingerprint density at radius 3 is 2.35 bits per heavy atom. The third kappa shape index (κ3) is 5.71.